The molecule has 0 saturated carbocycles. The summed E-state index contributed by atoms with van der Waals surface area (Å²) >= 11 is 1.42. The summed E-state index contributed by atoms with van der Waals surface area (Å²) in [7, 11) is 0. The van der Waals surface area contributed by atoms with E-state index in [1.54, 1.807) is 0 Å². The molecule has 0 saturated heterocycles. The summed E-state index contributed by atoms with van der Waals surface area (Å²) in [5, 5.41) is 17.0. The number of hydrogen-bond acceptors (Lipinski definition) is 7. The van der Waals surface area contributed by atoms with E-state index in [2.05, 4.69) is 27.4 Å². The van der Waals surface area contributed by atoms with Crippen LogP contribution >= 0.6 is 11.3 Å². The van der Waals surface area contributed by atoms with Gasteiger partial charge in [0.15, 0.2) is 5.13 Å². The first-order chi connectivity index (χ1) is 14.2. The van der Waals surface area contributed by atoms with E-state index < -0.39 is 22.4 Å². The van der Waals surface area contributed by atoms with E-state index in [9.17, 15) is 28.1 Å². The molecule has 0 spiro atoms. The Morgan fingerprint density at radius 1 is 1.40 bits per heavy atom. The van der Waals surface area contributed by atoms with E-state index in [0.717, 1.165) is 48.8 Å². The van der Waals surface area contributed by atoms with Crippen molar-refractivity contribution < 1.29 is 22.9 Å². The van der Waals surface area contributed by atoms with Crippen LogP contribution in [0.3, 0.4) is 0 Å². The number of carbonyl (C=O) groups is 1. The minimum absolute atomic E-state index is 0.0206. The standard InChI is InChI=1S/C18H20F3N5O3S/c1-2-25-8-6-13-15(10-25)30-17(23-13)24-16(27)5-7-22-12-4-3-11(18(19,20)21)9-14(12)26(28)29/h3-4,9,22H,2,5-8,10H2,1H3,(H,23,24,27). The fraction of sp³-hybridized carbons (Fsp3) is 0.444. The van der Waals surface area contributed by atoms with Crippen LogP contribution in [0.1, 0.15) is 29.5 Å². The molecule has 1 aromatic heterocycles. The van der Waals surface area contributed by atoms with Gasteiger partial charge in [-0.2, -0.15) is 13.2 Å². The number of alkyl halides is 3. The van der Waals surface area contributed by atoms with Crippen molar-refractivity contribution in [3.05, 3.63) is 44.4 Å². The minimum Gasteiger partial charge on any atom is -0.379 e. The summed E-state index contributed by atoms with van der Waals surface area (Å²) in [6.07, 6.45) is -3.87. The number of anilines is 2. The second-order valence-corrected chi connectivity index (χ2v) is 7.80. The number of thiazole rings is 1. The molecule has 1 amide bonds. The molecular formula is C18H20F3N5O3S. The lowest BCUT2D eigenvalue weighted by Crippen LogP contribution is -2.29. The van der Waals surface area contributed by atoms with Crippen molar-refractivity contribution in [3.63, 3.8) is 0 Å². The fourth-order valence-corrected chi connectivity index (χ4v) is 4.14. The van der Waals surface area contributed by atoms with Crippen LogP contribution in [0, 0.1) is 10.1 Å². The van der Waals surface area contributed by atoms with Gasteiger partial charge in [0, 0.05) is 43.4 Å². The summed E-state index contributed by atoms with van der Waals surface area (Å²) in [5.41, 5.74) is -0.895. The molecule has 0 fully saturated rings. The predicted octanol–water partition coefficient (Wildman–Crippen LogP) is 3.89. The average molecular weight is 443 g/mol. The second-order valence-electron chi connectivity index (χ2n) is 6.72. The highest BCUT2D eigenvalue weighted by molar-refractivity contribution is 7.15. The first-order valence-electron chi connectivity index (χ1n) is 9.27. The Morgan fingerprint density at radius 3 is 2.83 bits per heavy atom. The van der Waals surface area contributed by atoms with Gasteiger partial charge in [0.05, 0.1) is 16.2 Å². The van der Waals surface area contributed by atoms with Gasteiger partial charge >= 0.3 is 6.18 Å². The number of nitro benzene ring substituents is 1. The number of carbonyl (C=O) groups excluding carboxylic acids is 1. The first kappa shape index (κ1) is 22.0. The molecular weight excluding hydrogens is 423 g/mol. The summed E-state index contributed by atoms with van der Waals surface area (Å²) in [5.74, 6) is -0.337. The van der Waals surface area contributed by atoms with Crippen LogP contribution in [0.15, 0.2) is 18.2 Å². The Balaban J connectivity index is 1.56. The van der Waals surface area contributed by atoms with Gasteiger partial charge in [-0.1, -0.05) is 6.92 Å². The Bertz CT molecular complexity index is 948. The van der Waals surface area contributed by atoms with Crippen molar-refractivity contribution in [1.29, 1.82) is 0 Å². The highest BCUT2D eigenvalue weighted by atomic mass is 32.1. The maximum atomic E-state index is 12.8. The molecule has 162 valence electrons. The van der Waals surface area contributed by atoms with E-state index in [1.165, 1.54) is 11.3 Å². The lowest BCUT2D eigenvalue weighted by Gasteiger charge is -2.23. The third kappa shape index (κ3) is 5.25. The lowest BCUT2D eigenvalue weighted by atomic mass is 10.1. The SMILES string of the molecule is CCN1CCc2nc(NC(=O)CCNc3ccc(C(F)(F)F)cc3[N+](=O)[O-])sc2C1. The van der Waals surface area contributed by atoms with E-state index in [0.29, 0.717) is 11.2 Å². The fourth-order valence-electron chi connectivity index (χ4n) is 3.07. The molecule has 2 heterocycles. The number of rotatable bonds is 7. The Labute approximate surface area is 174 Å². The van der Waals surface area contributed by atoms with Crippen LogP contribution in [0.5, 0.6) is 0 Å². The third-order valence-corrected chi connectivity index (χ3v) is 5.69. The lowest BCUT2D eigenvalue weighted by molar-refractivity contribution is -0.384. The molecule has 1 aliphatic rings. The van der Waals surface area contributed by atoms with E-state index in [-0.39, 0.29) is 24.6 Å². The minimum atomic E-state index is -4.68. The van der Waals surface area contributed by atoms with Gasteiger partial charge in [-0.05, 0) is 18.7 Å². The summed E-state index contributed by atoms with van der Waals surface area (Å²) in [6, 6.07) is 2.23. The third-order valence-electron chi connectivity index (χ3n) is 4.69. The van der Waals surface area contributed by atoms with Gasteiger partial charge in [-0.25, -0.2) is 4.98 Å². The molecule has 1 aliphatic heterocycles. The molecule has 8 nitrogen and oxygen atoms in total. The maximum Gasteiger partial charge on any atom is 0.416 e. The molecule has 0 atom stereocenters. The number of aromatic nitrogens is 1. The van der Waals surface area contributed by atoms with Crippen molar-refractivity contribution >= 4 is 33.8 Å². The molecule has 3 rings (SSSR count). The van der Waals surface area contributed by atoms with Crippen LogP contribution in [0.2, 0.25) is 0 Å². The van der Waals surface area contributed by atoms with Crippen LogP contribution in [-0.2, 0) is 23.9 Å². The number of hydrogen-bond donors (Lipinski definition) is 2. The number of nitrogens with one attached hydrogen (secondary N) is 2. The Morgan fingerprint density at radius 2 is 2.17 bits per heavy atom. The molecule has 0 aliphatic carbocycles. The average Bonchev–Trinajstić information content (AvgIpc) is 3.08. The summed E-state index contributed by atoms with van der Waals surface area (Å²) < 4.78 is 38.3. The monoisotopic (exact) mass is 443 g/mol. The van der Waals surface area contributed by atoms with Crippen LogP contribution in [0.4, 0.5) is 29.7 Å². The number of likely N-dealkylation sites (N-methyl/N-ethyl adjacent to an activating group) is 1. The van der Waals surface area contributed by atoms with Crippen LogP contribution in [-0.4, -0.2) is 40.3 Å². The number of benzene rings is 1. The van der Waals surface area contributed by atoms with Gasteiger partial charge in [-0.3, -0.25) is 19.8 Å². The second kappa shape index (κ2) is 8.96. The molecule has 1 aromatic carbocycles. The van der Waals surface area contributed by atoms with Crippen LogP contribution in [0.25, 0.3) is 0 Å². The zero-order chi connectivity index (χ0) is 21.9. The normalized spacial score (nSPS) is 14.3. The number of nitrogens with zero attached hydrogens (tertiary/aromatic N) is 3. The van der Waals surface area contributed by atoms with Gasteiger partial charge in [0.2, 0.25) is 5.91 Å². The van der Waals surface area contributed by atoms with Crippen LogP contribution < -0.4 is 10.6 Å². The summed E-state index contributed by atoms with van der Waals surface area (Å²) in [6.45, 7) is 4.78. The van der Waals surface area contributed by atoms with E-state index in [4.69, 9.17) is 0 Å². The van der Waals surface area contributed by atoms with Crippen molar-refractivity contribution in [1.82, 2.24) is 9.88 Å². The largest absolute Gasteiger partial charge is 0.416 e. The van der Waals surface area contributed by atoms with Crippen molar-refractivity contribution in [3.8, 4) is 0 Å². The zero-order valence-electron chi connectivity index (χ0n) is 16.1. The maximum absolute atomic E-state index is 12.8. The number of fused-ring (bicyclic) bond motifs is 1. The van der Waals surface area contributed by atoms with Crippen molar-refractivity contribution in [2.45, 2.75) is 32.5 Å². The quantitative estimate of drug-likeness (QED) is 0.498. The molecule has 2 aromatic rings. The highest BCUT2D eigenvalue weighted by Gasteiger charge is 2.33. The molecule has 0 unspecified atom stereocenters. The van der Waals surface area contributed by atoms with Gasteiger partial charge in [-0.15, -0.1) is 11.3 Å². The zero-order valence-corrected chi connectivity index (χ0v) is 16.9. The first-order valence-corrected chi connectivity index (χ1v) is 10.1. The highest BCUT2D eigenvalue weighted by Crippen LogP contribution is 2.35. The van der Waals surface area contributed by atoms with Gasteiger partial charge < -0.3 is 10.6 Å². The van der Waals surface area contributed by atoms with Crippen molar-refractivity contribution in [2.75, 3.05) is 30.3 Å². The topological polar surface area (TPSA) is 100 Å². The molecule has 30 heavy (non-hydrogen) atoms. The molecule has 0 radical (unpaired) electrons. The number of nitro groups is 1. The number of amides is 1. The molecule has 12 heteroatoms. The van der Waals surface area contributed by atoms with Crippen molar-refractivity contribution in [2.24, 2.45) is 0 Å². The smallest absolute Gasteiger partial charge is 0.379 e. The summed E-state index contributed by atoms with van der Waals surface area (Å²) in [4.78, 5) is 30.2. The number of halogens is 3. The molecule has 0 bridgehead atoms. The van der Waals surface area contributed by atoms with E-state index in [1.807, 2.05) is 0 Å². The van der Waals surface area contributed by atoms with Gasteiger partial charge in [0.25, 0.3) is 5.69 Å². The molecule has 2 N–H and O–H groups in total. The Kier molecular flexibility index (Phi) is 6.56. The van der Waals surface area contributed by atoms with Gasteiger partial charge in [0.1, 0.15) is 5.69 Å². The van der Waals surface area contributed by atoms with E-state index >= 15 is 0 Å². The predicted molar refractivity (Wildman–Crippen MR) is 107 cm³/mol. The Hall–Kier alpha value is -2.73.